The standard InChI is InChI=1S/C10H8ClFO3/c1-5(13)2-6-9(12)7(11)3-8-10(6)15-4-14-8/h3H,2,4H2,1H3. The lowest BCUT2D eigenvalue weighted by Gasteiger charge is -2.06. The Kier molecular flexibility index (Phi) is 2.52. The SMILES string of the molecule is CC(=O)Cc1c(F)c(Cl)cc2c1OCO2. The minimum absolute atomic E-state index is 0.0278. The van der Waals surface area contributed by atoms with E-state index in [1.165, 1.54) is 13.0 Å². The zero-order valence-corrected chi connectivity index (χ0v) is 8.73. The minimum Gasteiger partial charge on any atom is -0.454 e. The number of Topliss-reactive ketones (excluding diaryl/α,β-unsaturated/α-hetero) is 1. The number of ketones is 1. The van der Waals surface area contributed by atoms with E-state index in [0.717, 1.165) is 0 Å². The Hall–Kier alpha value is -1.29. The van der Waals surface area contributed by atoms with E-state index >= 15 is 0 Å². The first-order chi connectivity index (χ1) is 7.09. The smallest absolute Gasteiger partial charge is 0.231 e. The van der Waals surface area contributed by atoms with Crippen LogP contribution in [0.15, 0.2) is 6.07 Å². The van der Waals surface area contributed by atoms with Crippen LogP contribution in [0.1, 0.15) is 12.5 Å². The van der Waals surface area contributed by atoms with Crippen LogP contribution in [0, 0.1) is 5.82 Å². The molecule has 0 aliphatic carbocycles. The van der Waals surface area contributed by atoms with Crippen molar-refractivity contribution in [3.05, 3.63) is 22.5 Å². The summed E-state index contributed by atoms with van der Waals surface area (Å²) in [7, 11) is 0. The number of carbonyl (C=O) groups is 1. The monoisotopic (exact) mass is 230 g/mol. The highest BCUT2D eigenvalue weighted by atomic mass is 35.5. The van der Waals surface area contributed by atoms with Gasteiger partial charge in [-0.15, -0.1) is 0 Å². The number of ether oxygens (including phenoxy) is 2. The van der Waals surface area contributed by atoms with Crippen LogP contribution in [-0.4, -0.2) is 12.6 Å². The van der Waals surface area contributed by atoms with Crippen LogP contribution < -0.4 is 9.47 Å². The highest BCUT2D eigenvalue weighted by Gasteiger charge is 2.24. The van der Waals surface area contributed by atoms with Gasteiger partial charge in [-0.05, 0) is 6.92 Å². The van der Waals surface area contributed by atoms with Crippen LogP contribution in [0.5, 0.6) is 11.5 Å². The number of hydrogen-bond acceptors (Lipinski definition) is 3. The second-order valence-electron chi connectivity index (χ2n) is 3.26. The molecule has 5 heteroatoms. The van der Waals surface area contributed by atoms with Crippen molar-refractivity contribution in [3.63, 3.8) is 0 Å². The Morgan fingerprint density at radius 2 is 2.33 bits per heavy atom. The lowest BCUT2D eigenvalue weighted by Crippen LogP contribution is -2.02. The molecule has 0 aromatic heterocycles. The van der Waals surface area contributed by atoms with Crippen LogP contribution in [0.4, 0.5) is 4.39 Å². The molecule has 0 spiro atoms. The molecule has 0 fully saturated rings. The molecule has 1 heterocycles. The molecule has 1 aromatic carbocycles. The summed E-state index contributed by atoms with van der Waals surface area (Å²) in [5.41, 5.74) is 0.169. The fraction of sp³-hybridized carbons (Fsp3) is 0.300. The van der Waals surface area contributed by atoms with E-state index in [2.05, 4.69) is 0 Å². The summed E-state index contributed by atoms with van der Waals surface area (Å²) >= 11 is 5.66. The van der Waals surface area contributed by atoms with Gasteiger partial charge >= 0.3 is 0 Å². The summed E-state index contributed by atoms with van der Waals surface area (Å²) < 4.78 is 23.8. The number of halogens is 2. The molecular formula is C10H8ClFO3. The molecule has 0 amide bonds. The zero-order chi connectivity index (χ0) is 11.0. The maximum absolute atomic E-state index is 13.6. The largest absolute Gasteiger partial charge is 0.454 e. The molecule has 1 aromatic rings. The summed E-state index contributed by atoms with van der Waals surface area (Å²) in [5.74, 6) is -0.102. The predicted molar refractivity (Wildman–Crippen MR) is 51.9 cm³/mol. The van der Waals surface area contributed by atoms with Gasteiger partial charge in [-0.1, -0.05) is 11.6 Å². The zero-order valence-electron chi connectivity index (χ0n) is 7.97. The molecule has 0 saturated heterocycles. The first kappa shape index (κ1) is 10.2. The van der Waals surface area contributed by atoms with E-state index < -0.39 is 5.82 Å². The Morgan fingerprint density at radius 1 is 1.60 bits per heavy atom. The third-order valence-electron chi connectivity index (χ3n) is 2.07. The Morgan fingerprint density at radius 3 is 3.00 bits per heavy atom. The van der Waals surface area contributed by atoms with E-state index in [1.54, 1.807) is 0 Å². The van der Waals surface area contributed by atoms with Gasteiger partial charge < -0.3 is 9.47 Å². The van der Waals surface area contributed by atoms with Crippen molar-refractivity contribution in [1.82, 2.24) is 0 Å². The number of fused-ring (bicyclic) bond motifs is 1. The minimum atomic E-state index is -0.615. The van der Waals surface area contributed by atoms with Gasteiger partial charge in [0, 0.05) is 18.1 Å². The van der Waals surface area contributed by atoms with Crippen LogP contribution in [-0.2, 0) is 11.2 Å². The number of rotatable bonds is 2. The summed E-state index contributed by atoms with van der Waals surface area (Å²) in [6, 6.07) is 1.35. The predicted octanol–water partition coefficient (Wildman–Crippen LogP) is 2.34. The van der Waals surface area contributed by atoms with Crippen molar-refractivity contribution < 1.29 is 18.7 Å². The quantitative estimate of drug-likeness (QED) is 0.782. The maximum Gasteiger partial charge on any atom is 0.231 e. The number of hydrogen-bond donors (Lipinski definition) is 0. The van der Waals surface area contributed by atoms with Gasteiger partial charge in [-0.3, -0.25) is 4.79 Å². The molecule has 15 heavy (non-hydrogen) atoms. The molecule has 0 atom stereocenters. The lowest BCUT2D eigenvalue weighted by molar-refractivity contribution is -0.116. The van der Waals surface area contributed by atoms with E-state index in [4.69, 9.17) is 21.1 Å². The fourth-order valence-electron chi connectivity index (χ4n) is 1.46. The van der Waals surface area contributed by atoms with Crippen molar-refractivity contribution in [2.75, 3.05) is 6.79 Å². The molecule has 0 radical (unpaired) electrons. The van der Waals surface area contributed by atoms with Gasteiger partial charge in [0.2, 0.25) is 6.79 Å². The van der Waals surface area contributed by atoms with Crippen molar-refractivity contribution in [3.8, 4) is 11.5 Å². The van der Waals surface area contributed by atoms with Crippen LogP contribution >= 0.6 is 11.6 Å². The van der Waals surface area contributed by atoms with Crippen LogP contribution in [0.3, 0.4) is 0 Å². The summed E-state index contributed by atoms with van der Waals surface area (Å²) in [5, 5.41) is -0.0597. The van der Waals surface area contributed by atoms with Gasteiger partial charge in [0.25, 0.3) is 0 Å². The van der Waals surface area contributed by atoms with Gasteiger partial charge in [-0.25, -0.2) is 4.39 Å². The molecule has 0 bridgehead atoms. The first-order valence-electron chi connectivity index (χ1n) is 4.35. The maximum atomic E-state index is 13.6. The van der Waals surface area contributed by atoms with E-state index in [9.17, 15) is 9.18 Å². The highest BCUT2D eigenvalue weighted by Crippen LogP contribution is 2.40. The Labute approximate surface area is 90.7 Å². The van der Waals surface area contributed by atoms with Gasteiger partial charge in [0.15, 0.2) is 11.5 Å². The average molecular weight is 231 g/mol. The Balaban J connectivity index is 2.55. The lowest BCUT2D eigenvalue weighted by atomic mass is 10.1. The van der Waals surface area contributed by atoms with Crippen LogP contribution in [0.25, 0.3) is 0 Å². The molecule has 0 unspecified atom stereocenters. The second-order valence-corrected chi connectivity index (χ2v) is 3.67. The summed E-state index contributed by atoms with van der Waals surface area (Å²) in [4.78, 5) is 11.0. The van der Waals surface area contributed by atoms with Gasteiger partial charge in [0.05, 0.1) is 5.02 Å². The van der Waals surface area contributed by atoms with Gasteiger partial charge in [0.1, 0.15) is 11.6 Å². The average Bonchev–Trinajstić information content (AvgIpc) is 2.59. The molecule has 80 valence electrons. The molecule has 0 N–H and O–H groups in total. The molecule has 3 nitrogen and oxygen atoms in total. The molecule has 1 aliphatic heterocycles. The molecule has 2 rings (SSSR count). The molecular weight excluding hydrogens is 223 g/mol. The van der Waals surface area contributed by atoms with Crippen LogP contribution in [0.2, 0.25) is 5.02 Å². The third kappa shape index (κ3) is 1.77. The molecule has 0 saturated carbocycles. The normalized spacial score (nSPS) is 13.0. The van der Waals surface area contributed by atoms with E-state index in [0.29, 0.717) is 5.75 Å². The number of carbonyl (C=O) groups excluding carboxylic acids is 1. The topological polar surface area (TPSA) is 35.5 Å². The van der Waals surface area contributed by atoms with Gasteiger partial charge in [-0.2, -0.15) is 0 Å². The highest BCUT2D eigenvalue weighted by molar-refractivity contribution is 6.31. The summed E-state index contributed by atoms with van der Waals surface area (Å²) in [6.45, 7) is 1.41. The van der Waals surface area contributed by atoms with Crippen molar-refractivity contribution in [2.45, 2.75) is 13.3 Å². The fourth-order valence-corrected chi connectivity index (χ4v) is 1.67. The third-order valence-corrected chi connectivity index (χ3v) is 2.35. The van der Waals surface area contributed by atoms with Crippen molar-refractivity contribution in [1.29, 1.82) is 0 Å². The van der Waals surface area contributed by atoms with Crippen molar-refractivity contribution >= 4 is 17.4 Å². The number of benzene rings is 1. The first-order valence-corrected chi connectivity index (χ1v) is 4.73. The van der Waals surface area contributed by atoms with E-state index in [1.807, 2.05) is 0 Å². The summed E-state index contributed by atoms with van der Waals surface area (Å²) in [6.07, 6.45) is -0.0436. The molecule has 1 aliphatic rings. The Bertz CT molecular complexity index is 431. The van der Waals surface area contributed by atoms with Crippen molar-refractivity contribution in [2.24, 2.45) is 0 Å². The van der Waals surface area contributed by atoms with E-state index in [-0.39, 0.29) is 35.3 Å². The second kappa shape index (κ2) is 3.70.